The van der Waals surface area contributed by atoms with E-state index in [1.807, 2.05) is 0 Å². The number of nitrogens with zero attached hydrogens (tertiary/aromatic N) is 1. The van der Waals surface area contributed by atoms with Crippen molar-refractivity contribution in [3.8, 4) is 0 Å². The maximum absolute atomic E-state index is 13.7. The van der Waals surface area contributed by atoms with Crippen molar-refractivity contribution < 1.29 is 17.6 Å². The fraction of sp³-hybridized carbons (Fsp3) is 0. The monoisotopic (exact) mass is 437 g/mol. The number of halogens is 2. The van der Waals surface area contributed by atoms with Crippen molar-refractivity contribution in [2.24, 2.45) is 0 Å². The first-order chi connectivity index (χ1) is 13.3. The molecular formula is C18H13ClFN3O3S2. The highest BCUT2D eigenvalue weighted by Gasteiger charge is 2.15. The van der Waals surface area contributed by atoms with Gasteiger partial charge >= 0.3 is 0 Å². The van der Waals surface area contributed by atoms with Crippen molar-refractivity contribution in [3.63, 3.8) is 0 Å². The molecule has 1 amide bonds. The molecule has 1 aromatic heterocycles. The SMILES string of the molecule is O=C(/C=C/c1c(F)cccc1Cl)Nc1ccc(S(=O)(=O)Nc2nccs2)cc1. The molecule has 0 aliphatic heterocycles. The van der Waals surface area contributed by atoms with Gasteiger partial charge in [-0.3, -0.25) is 9.52 Å². The Bertz CT molecular complexity index is 1100. The van der Waals surface area contributed by atoms with Crippen LogP contribution in [0.15, 0.2) is 65.0 Å². The number of benzene rings is 2. The molecule has 0 saturated heterocycles. The summed E-state index contributed by atoms with van der Waals surface area (Å²) in [6.45, 7) is 0. The Hall–Kier alpha value is -2.75. The molecule has 0 radical (unpaired) electrons. The van der Waals surface area contributed by atoms with E-state index in [1.165, 1.54) is 54.7 Å². The van der Waals surface area contributed by atoms with Gasteiger partial charge in [0.1, 0.15) is 5.82 Å². The average molecular weight is 438 g/mol. The van der Waals surface area contributed by atoms with Crippen LogP contribution in [0.3, 0.4) is 0 Å². The molecule has 6 nitrogen and oxygen atoms in total. The van der Waals surface area contributed by atoms with Crippen LogP contribution in [0.4, 0.5) is 15.2 Å². The first kappa shape index (κ1) is 20.0. The molecule has 10 heteroatoms. The van der Waals surface area contributed by atoms with Gasteiger partial charge in [-0.1, -0.05) is 17.7 Å². The van der Waals surface area contributed by atoms with Gasteiger partial charge in [-0.2, -0.15) is 0 Å². The van der Waals surface area contributed by atoms with Gasteiger partial charge in [-0.15, -0.1) is 11.3 Å². The molecule has 0 bridgehead atoms. The molecule has 0 aliphatic rings. The minimum Gasteiger partial charge on any atom is -0.323 e. The first-order valence-electron chi connectivity index (χ1n) is 7.80. The second kappa shape index (κ2) is 8.51. The summed E-state index contributed by atoms with van der Waals surface area (Å²) in [7, 11) is -3.77. The van der Waals surface area contributed by atoms with Gasteiger partial charge < -0.3 is 5.32 Å². The summed E-state index contributed by atoms with van der Waals surface area (Å²) in [5, 5.41) is 4.65. The topological polar surface area (TPSA) is 88.2 Å². The summed E-state index contributed by atoms with van der Waals surface area (Å²) in [5.41, 5.74) is 0.483. The van der Waals surface area contributed by atoms with E-state index < -0.39 is 21.7 Å². The van der Waals surface area contributed by atoms with E-state index in [2.05, 4.69) is 15.0 Å². The van der Waals surface area contributed by atoms with E-state index in [9.17, 15) is 17.6 Å². The highest BCUT2D eigenvalue weighted by atomic mass is 35.5. The summed E-state index contributed by atoms with van der Waals surface area (Å²) in [4.78, 5) is 15.9. The fourth-order valence-corrected chi connectivity index (χ4v) is 4.19. The van der Waals surface area contributed by atoms with Crippen LogP contribution in [-0.4, -0.2) is 19.3 Å². The van der Waals surface area contributed by atoms with Crippen LogP contribution in [0, 0.1) is 5.82 Å². The van der Waals surface area contributed by atoms with Gasteiger partial charge in [0, 0.05) is 28.9 Å². The van der Waals surface area contributed by atoms with Crippen LogP contribution in [-0.2, 0) is 14.8 Å². The van der Waals surface area contributed by atoms with Gasteiger partial charge in [0.2, 0.25) is 5.91 Å². The zero-order valence-electron chi connectivity index (χ0n) is 14.1. The predicted octanol–water partition coefficient (Wildman–Crippen LogP) is 4.39. The molecule has 1 heterocycles. The minimum absolute atomic E-state index is 0.0226. The molecule has 0 atom stereocenters. The predicted molar refractivity (Wildman–Crippen MR) is 108 cm³/mol. The summed E-state index contributed by atoms with van der Waals surface area (Å²) < 4.78 is 40.6. The second-order valence-electron chi connectivity index (χ2n) is 5.43. The Kier molecular flexibility index (Phi) is 6.08. The average Bonchev–Trinajstić information content (AvgIpc) is 3.14. The molecule has 144 valence electrons. The number of carbonyl (C=O) groups is 1. The lowest BCUT2D eigenvalue weighted by atomic mass is 10.2. The summed E-state index contributed by atoms with van der Waals surface area (Å²) >= 11 is 7.05. The third-order valence-electron chi connectivity index (χ3n) is 3.49. The lowest BCUT2D eigenvalue weighted by Crippen LogP contribution is -2.13. The number of amides is 1. The molecular weight excluding hydrogens is 425 g/mol. The smallest absolute Gasteiger partial charge is 0.263 e. The van der Waals surface area contributed by atoms with Crippen molar-refractivity contribution in [1.29, 1.82) is 0 Å². The Morgan fingerprint density at radius 2 is 1.93 bits per heavy atom. The molecule has 2 N–H and O–H groups in total. The van der Waals surface area contributed by atoms with E-state index >= 15 is 0 Å². The standard InChI is InChI=1S/C18H13ClFN3O3S2/c19-15-2-1-3-16(20)14(15)8-9-17(24)22-12-4-6-13(7-5-12)28(25,26)23-18-21-10-11-27-18/h1-11H,(H,21,23)(H,22,24)/b9-8+. The highest BCUT2D eigenvalue weighted by Crippen LogP contribution is 2.21. The number of carbonyl (C=O) groups excluding carboxylic acids is 1. The molecule has 2 aromatic carbocycles. The Morgan fingerprint density at radius 3 is 2.57 bits per heavy atom. The second-order valence-corrected chi connectivity index (χ2v) is 8.41. The van der Waals surface area contributed by atoms with E-state index in [0.29, 0.717) is 5.69 Å². The molecule has 3 aromatic rings. The number of hydrogen-bond acceptors (Lipinski definition) is 5. The lowest BCUT2D eigenvalue weighted by Gasteiger charge is -2.07. The van der Waals surface area contributed by atoms with E-state index in [4.69, 9.17) is 11.6 Å². The Balaban J connectivity index is 1.67. The largest absolute Gasteiger partial charge is 0.323 e. The molecule has 3 rings (SSSR count). The summed E-state index contributed by atoms with van der Waals surface area (Å²) in [6.07, 6.45) is 3.89. The molecule has 28 heavy (non-hydrogen) atoms. The Labute approximate surface area is 169 Å². The highest BCUT2D eigenvalue weighted by molar-refractivity contribution is 7.93. The van der Waals surface area contributed by atoms with Gasteiger partial charge in [0.25, 0.3) is 10.0 Å². The first-order valence-corrected chi connectivity index (χ1v) is 10.5. The lowest BCUT2D eigenvalue weighted by molar-refractivity contribution is -0.111. The van der Waals surface area contributed by atoms with Crippen molar-refractivity contribution in [2.45, 2.75) is 4.90 Å². The number of nitrogens with one attached hydrogen (secondary N) is 2. The van der Waals surface area contributed by atoms with Crippen LogP contribution in [0.1, 0.15) is 5.56 Å². The number of anilines is 2. The van der Waals surface area contributed by atoms with Crippen LogP contribution in [0.25, 0.3) is 6.08 Å². The normalized spacial score (nSPS) is 11.5. The van der Waals surface area contributed by atoms with Crippen molar-refractivity contribution in [1.82, 2.24) is 4.98 Å². The van der Waals surface area contributed by atoms with Crippen LogP contribution in [0.2, 0.25) is 5.02 Å². The maximum atomic E-state index is 13.7. The van der Waals surface area contributed by atoms with Gasteiger partial charge in [-0.25, -0.2) is 17.8 Å². The van der Waals surface area contributed by atoms with Gasteiger partial charge in [-0.05, 0) is 42.5 Å². The summed E-state index contributed by atoms with van der Waals surface area (Å²) in [5.74, 6) is -1.06. The minimum atomic E-state index is -3.77. The maximum Gasteiger partial charge on any atom is 0.263 e. The van der Waals surface area contributed by atoms with Crippen LogP contribution < -0.4 is 10.0 Å². The third kappa shape index (κ3) is 4.94. The van der Waals surface area contributed by atoms with Crippen molar-refractivity contribution in [3.05, 3.63) is 76.5 Å². The quantitative estimate of drug-likeness (QED) is 0.560. The van der Waals surface area contributed by atoms with E-state index in [0.717, 1.165) is 17.4 Å². The summed E-state index contributed by atoms with van der Waals surface area (Å²) in [6, 6.07) is 9.81. The molecule has 0 aliphatic carbocycles. The molecule has 0 spiro atoms. The number of thiazole rings is 1. The number of sulfonamides is 1. The third-order valence-corrected chi connectivity index (χ3v) is 5.99. The molecule has 0 unspecified atom stereocenters. The van der Waals surface area contributed by atoms with Gasteiger partial charge in [0.05, 0.1) is 9.92 Å². The number of hydrogen-bond donors (Lipinski definition) is 2. The van der Waals surface area contributed by atoms with Crippen molar-refractivity contribution >= 4 is 55.8 Å². The zero-order valence-corrected chi connectivity index (χ0v) is 16.5. The van der Waals surface area contributed by atoms with Crippen LogP contribution >= 0.6 is 22.9 Å². The molecule has 0 saturated carbocycles. The number of aromatic nitrogens is 1. The van der Waals surface area contributed by atoms with E-state index in [-0.39, 0.29) is 20.6 Å². The fourth-order valence-electron chi connectivity index (χ4n) is 2.18. The molecule has 0 fully saturated rings. The van der Waals surface area contributed by atoms with Gasteiger partial charge in [0.15, 0.2) is 5.13 Å². The zero-order chi connectivity index (χ0) is 20.1. The number of rotatable bonds is 6. The Morgan fingerprint density at radius 1 is 1.18 bits per heavy atom. The van der Waals surface area contributed by atoms with E-state index in [1.54, 1.807) is 5.38 Å². The van der Waals surface area contributed by atoms with Crippen LogP contribution in [0.5, 0.6) is 0 Å². The van der Waals surface area contributed by atoms with Crippen molar-refractivity contribution in [2.75, 3.05) is 10.0 Å².